The van der Waals surface area contributed by atoms with Gasteiger partial charge in [-0.1, -0.05) is 6.07 Å². The zero-order valence-corrected chi connectivity index (χ0v) is 7.30. The van der Waals surface area contributed by atoms with Gasteiger partial charge in [-0.15, -0.1) is 0 Å². The summed E-state index contributed by atoms with van der Waals surface area (Å²) in [7, 11) is 0. The van der Waals surface area contributed by atoms with Crippen molar-refractivity contribution in [2.24, 2.45) is 0 Å². The van der Waals surface area contributed by atoms with Crippen LogP contribution in [-0.2, 0) is 9.59 Å². The highest BCUT2D eigenvalue weighted by molar-refractivity contribution is 6.39. The smallest absolute Gasteiger partial charge is 0.291 e. The molecular formula is C9H7F2NO2. The summed E-state index contributed by atoms with van der Waals surface area (Å²) in [6, 6.07) is 3.13. The number of hydrogen-bond acceptors (Lipinski definition) is 2. The van der Waals surface area contributed by atoms with Crippen LogP contribution in [0.3, 0.4) is 0 Å². The SMILES string of the molecule is CC(=O)C(=O)Nc1c(F)cccc1F. The van der Waals surface area contributed by atoms with Crippen LogP contribution in [0.2, 0.25) is 0 Å². The maximum atomic E-state index is 12.9. The Morgan fingerprint density at radius 3 is 2.14 bits per heavy atom. The molecule has 0 saturated carbocycles. The first-order valence-electron chi connectivity index (χ1n) is 3.78. The van der Waals surface area contributed by atoms with Crippen molar-refractivity contribution < 1.29 is 18.4 Å². The molecule has 0 bridgehead atoms. The average molecular weight is 199 g/mol. The van der Waals surface area contributed by atoms with Gasteiger partial charge in [0.25, 0.3) is 5.91 Å². The lowest BCUT2D eigenvalue weighted by molar-refractivity contribution is -0.133. The molecule has 14 heavy (non-hydrogen) atoms. The molecule has 1 amide bonds. The molecule has 1 aromatic rings. The zero-order valence-electron chi connectivity index (χ0n) is 7.30. The normalized spacial score (nSPS) is 9.64. The third-order valence-electron chi connectivity index (χ3n) is 1.52. The van der Waals surface area contributed by atoms with E-state index in [1.165, 1.54) is 0 Å². The lowest BCUT2D eigenvalue weighted by atomic mass is 10.3. The van der Waals surface area contributed by atoms with Gasteiger partial charge in [-0.25, -0.2) is 8.78 Å². The summed E-state index contributed by atoms with van der Waals surface area (Å²) >= 11 is 0. The summed E-state index contributed by atoms with van der Waals surface area (Å²) in [6.07, 6.45) is 0. The fraction of sp³-hybridized carbons (Fsp3) is 0.111. The fourth-order valence-corrected chi connectivity index (χ4v) is 0.819. The summed E-state index contributed by atoms with van der Waals surface area (Å²) in [5.41, 5.74) is -0.604. The second kappa shape index (κ2) is 3.95. The Morgan fingerprint density at radius 2 is 1.71 bits per heavy atom. The highest BCUT2D eigenvalue weighted by Crippen LogP contribution is 2.17. The lowest BCUT2D eigenvalue weighted by Gasteiger charge is -2.04. The van der Waals surface area contributed by atoms with Crippen LogP contribution in [0, 0.1) is 11.6 Å². The standard InChI is InChI=1S/C9H7F2NO2/c1-5(13)9(14)12-8-6(10)3-2-4-7(8)11/h2-4H,1H3,(H,12,14). The van der Waals surface area contributed by atoms with Gasteiger partial charge >= 0.3 is 0 Å². The average Bonchev–Trinajstić information content (AvgIpc) is 2.11. The van der Waals surface area contributed by atoms with Crippen molar-refractivity contribution in [2.75, 3.05) is 5.32 Å². The van der Waals surface area contributed by atoms with Gasteiger partial charge in [0.05, 0.1) is 0 Å². The number of anilines is 1. The second-order valence-corrected chi connectivity index (χ2v) is 2.61. The van der Waals surface area contributed by atoms with E-state index in [2.05, 4.69) is 0 Å². The third kappa shape index (κ3) is 2.12. The van der Waals surface area contributed by atoms with Crippen molar-refractivity contribution in [3.05, 3.63) is 29.8 Å². The van der Waals surface area contributed by atoms with E-state index in [0.717, 1.165) is 25.1 Å². The minimum absolute atomic E-state index is 0.604. The summed E-state index contributed by atoms with van der Waals surface area (Å²) in [4.78, 5) is 21.3. The number of para-hydroxylation sites is 1. The Morgan fingerprint density at radius 1 is 1.21 bits per heavy atom. The number of Topliss-reactive ketones (excluding diaryl/α,β-unsaturated/α-hetero) is 1. The molecule has 0 heterocycles. The van der Waals surface area contributed by atoms with E-state index in [9.17, 15) is 18.4 Å². The third-order valence-corrected chi connectivity index (χ3v) is 1.52. The quantitative estimate of drug-likeness (QED) is 0.733. The summed E-state index contributed by atoms with van der Waals surface area (Å²) in [5.74, 6) is -3.69. The van der Waals surface area contributed by atoms with Crippen molar-refractivity contribution in [3.8, 4) is 0 Å². The molecular weight excluding hydrogens is 192 g/mol. The first-order valence-corrected chi connectivity index (χ1v) is 3.78. The number of carbonyl (C=O) groups is 2. The van der Waals surface area contributed by atoms with Crippen LogP contribution >= 0.6 is 0 Å². The molecule has 5 heteroatoms. The molecule has 0 fully saturated rings. The topological polar surface area (TPSA) is 46.2 Å². The number of nitrogens with one attached hydrogen (secondary N) is 1. The summed E-state index contributed by atoms with van der Waals surface area (Å²) in [5, 5.41) is 1.84. The van der Waals surface area contributed by atoms with E-state index in [0.29, 0.717) is 0 Å². The monoisotopic (exact) mass is 199 g/mol. The molecule has 0 radical (unpaired) electrons. The van der Waals surface area contributed by atoms with Crippen LogP contribution in [0.4, 0.5) is 14.5 Å². The van der Waals surface area contributed by atoms with Gasteiger partial charge < -0.3 is 5.32 Å². The lowest BCUT2D eigenvalue weighted by Crippen LogP contribution is -2.21. The van der Waals surface area contributed by atoms with Crippen molar-refractivity contribution in [1.29, 1.82) is 0 Å². The highest BCUT2D eigenvalue weighted by Gasteiger charge is 2.14. The maximum absolute atomic E-state index is 12.9. The largest absolute Gasteiger partial charge is 0.314 e. The Hall–Kier alpha value is -1.78. The molecule has 0 aromatic heterocycles. The van der Waals surface area contributed by atoms with Crippen molar-refractivity contribution in [3.63, 3.8) is 0 Å². The van der Waals surface area contributed by atoms with Gasteiger partial charge in [0.2, 0.25) is 5.78 Å². The van der Waals surface area contributed by atoms with Gasteiger partial charge in [-0.05, 0) is 12.1 Å². The first-order chi connectivity index (χ1) is 6.52. The minimum Gasteiger partial charge on any atom is -0.314 e. The van der Waals surface area contributed by atoms with Crippen LogP contribution < -0.4 is 5.32 Å². The Bertz CT molecular complexity index is 370. The van der Waals surface area contributed by atoms with E-state index in [1.807, 2.05) is 5.32 Å². The maximum Gasteiger partial charge on any atom is 0.291 e. The Balaban J connectivity index is 2.97. The predicted octanol–water partition coefficient (Wildman–Crippen LogP) is 1.49. The minimum atomic E-state index is -1.05. The van der Waals surface area contributed by atoms with Gasteiger partial charge in [-0.2, -0.15) is 0 Å². The predicted molar refractivity (Wildman–Crippen MR) is 45.7 cm³/mol. The summed E-state index contributed by atoms with van der Waals surface area (Å²) in [6.45, 7) is 1.01. The van der Waals surface area contributed by atoms with Gasteiger partial charge in [0.1, 0.15) is 17.3 Å². The number of carbonyl (C=O) groups excluding carboxylic acids is 2. The second-order valence-electron chi connectivity index (χ2n) is 2.61. The zero-order chi connectivity index (χ0) is 10.7. The van der Waals surface area contributed by atoms with E-state index in [1.54, 1.807) is 0 Å². The molecule has 0 aliphatic heterocycles. The van der Waals surface area contributed by atoms with E-state index in [4.69, 9.17) is 0 Å². The molecule has 3 nitrogen and oxygen atoms in total. The van der Waals surface area contributed by atoms with E-state index in [-0.39, 0.29) is 0 Å². The number of rotatable bonds is 2. The summed E-state index contributed by atoms with van der Waals surface area (Å²) < 4.78 is 25.8. The molecule has 0 unspecified atom stereocenters. The molecule has 0 aliphatic rings. The molecule has 74 valence electrons. The first kappa shape index (κ1) is 10.3. The van der Waals surface area contributed by atoms with Crippen LogP contribution in [0.15, 0.2) is 18.2 Å². The number of ketones is 1. The van der Waals surface area contributed by atoms with Gasteiger partial charge in [0.15, 0.2) is 0 Å². The fourth-order valence-electron chi connectivity index (χ4n) is 0.819. The van der Waals surface area contributed by atoms with Crippen molar-refractivity contribution in [1.82, 2.24) is 0 Å². The van der Waals surface area contributed by atoms with Crippen LogP contribution in [0.1, 0.15) is 6.92 Å². The molecule has 1 N–H and O–H groups in total. The van der Waals surface area contributed by atoms with Gasteiger partial charge in [0, 0.05) is 6.92 Å². The number of benzene rings is 1. The Labute approximate surface area is 78.7 Å². The Kier molecular flexibility index (Phi) is 2.91. The van der Waals surface area contributed by atoms with Crippen molar-refractivity contribution >= 4 is 17.4 Å². The molecule has 1 aromatic carbocycles. The molecule has 0 aliphatic carbocycles. The number of amides is 1. The van der Waals surface area contributed by atoms with Crippen LogP contribution in [0.25, 0.3) is 0 Å². The van der Waals surface area contributed by atoms with Crippen molar-refractivity contribution in [2.45, 2.75) is 6.92 Å². The molecule has 0 spiro atoms. The molecule has 1 rings (SSSR count). The number of hydrogen-bond donors (Lipinski definition) is 1. The molecule has 0 saturated heterocycles. The van der Waals surface area contributed by atoms with Crippen LogP contribution in [0.5, 0.6) is 0 Å². The molecule has 0 atom stereocenters. The van der Waals surface area contributed by atoms with E-state index < -0.39 is 29.0 Å². The van der Waals surface area contributed by atoms with Crippen LogP contribution in [-0.4, -0.2) is 11.7 Å². The van der Waals surface area contributed by atoms with Gasteiger partial charge in [-0.3, -0.25) is 9.59 Å². The van der Waals surface area contributed by atoms with E-state index >= 15 is 0 Å². The highest BCUT2D eigenvalue weighted by atomic mass is 19.1. The number of halogens is 2.